The molecule has 60 heavy (non-hydrogen) atoms. The molecule has 0 atom stereocenters. The van der Waals surface area contributed by atoms with Gasteiger partial charge < -0.3 is 0 Å². The molecule has 10 rings (SSSR count). The van der Waals surface area contributed by atoms with E-state index in [0.717, 1.165) is 67.0 Å². The first kappa shape index (κ1) is 36.2. The highest BCUT2D eigenvalue weighted by Crippen LogP contribution is 2.33. The van der Waals surface area contributed by atoms with Crippen molar-refractivity contribution in [2.75, 3.05) is 0 Å². The summed E-state index contributed by atoms with van der Waals surface area (Å²) in [5, 5.41) is 0. The fourth-order valence-electron chi connectivity index (χ4n) is 7.41. The molecule has 0 saturated carbocycles. The molecule has 282 valence electrons. The van der Waals surface area contributed by atoms with Crippen LogP contribution < -0.4 is 0 Å². The molecular formula is C55H37N5. The van der Waals surface area contributed by atoms with E-state index < -0.39 is 0 Å². The van der Waals surface area contributed by atoms with Crippen molar-refractivity contribution in [1.29, 1.82) is 0 Å². The lowest BCUT2D eigenvalue weighted by Crippen LogP contribution is -2.00. The molecule has 0 spiro atoms. The second-order valence-corrected chi connectivity index (χ2v) is 14.5. The summed E-state index contributed by atoms with van der Waals surface area (Å²) in [6, 6.07) is 77.1. The maximum Gasteiger partial charge on any atom is 0.164 e. The largest absolute Gasteiger partial charge is 0.228 e. The van der Waals surface area contributed by atoms with Gasteiger partial charge in [-0.2, -0.15) is 0 Å². The van der Waals surface area contributed by atoms with Crippen LogP contribution in [0.2, 0.25) is 0 Å². The lowest BCUT2D eigenvalue weighted by molar-refractivity contribution is 1.07. The highest BCUT2D eigenvalue weighted by atomic mass is 15.0. The molecule has 2 aromatic heterocycles. The van der Waals surface area contributed by atoms with E-state index >= 15 is 0 Å². The van der Waals surface area contributed by atoms with Crippen molar-refractivity contribution in [3.05, 3.63) is 224 Å². The molecule has 0 N–H and O–H groups in total. The van der Waals surface area contributed by atoms with E-state index in [1.807, 2.05) is 72.8 Å². The van der Waals surface area contributed by atoms with Crippen LogP contribution in [0, 0.1) is 0 Å². The fraction of sp³-hybridized carbons (Fsp3) is 0. The average molecular weight is 768 g/mol. The van der Waals surface area contributed by atoms with Gasteiger partial charge >= 0.3 is 0 Å². The Balaban J connectivity index is 1.04. The molecule has 2 heterocycles. The fourth-order valence-corrected chi connectivity index (χ4v) is 7.41. The van der Waals surface area contributed by atoms with Gasteiger partial charge in [0, 0.05) is 33.4 Å². The van der Waals surface area contributed by atoms with E-state index in [2.05, 4.69) is 152 Å². The van der Waals surface area contributed by atoms with Crippen molar-refractivity contribution < 1.29 is 0 Å². The zero-order valence-electron chi connectivity index (χ0n) is 32.6. The highest BCUT2D eigenvalue weighted by molar-refractivity contribution is 5.79. The van der Waals surface area contributed by atoms with Gasteiger partial charge in [-0.25, -0.2) is 24.9 Å². The highest BCUT2D eigenvalue weighted by Gasteiger charge is 2.15. The summed E-state index contributed by atoms with van der Waals surface area (Å²) in [6.07, 6.45) is 0. The van der Waals surface area contributed by atoms with Crippen LogP contribution in [0.4, 0.5) is 0 Å². The lowest BCUT2D eigenvalue weighted by Gasteiger charge is -2.12. The molecule has 0 radical (unpaired) electrons. The number of hydrogen-bond donors (Lipinski definition) is 0. The Morgan fingerprint density at radius 1 is 0.167 bits per heavy atom. The first-order valence-electron chi connectivity index (χ1n) is 20.0. The van der Waals surface area contributed by atoms with E-state index in [1.54, 1.807) is 0 Å². The van der Waals surface area contributed by atoms with Crippen LogP contribution in [0.15, 0.2) is 224 Å². The van der Waals surface area contributed by atoms with Gasteiger partial charge in [0.15, 0.2) is 23.3 Å². The number of benzene rings is 8. The third-order valence-electron chi connectivity index (χ3n) is 10.6. The maximum atomic E-state index is 5.21. The zero-order valence-corrected chi connectivity index (χ0v) is 32.6. The van der Waals surface area contributed by atoms with E-state index in [9.17, 15) is 0 Å². The standard InChI is InChI=1S/C55H37N5/c1-5-15-38(16-6-1)40-27-31-42(32-28-40)50-37-51(43-33-29-41(30-34-43)39-17-7-2-8-18-39)57-54(56-50)48-25-13-23-46(35-48)47-24-14-26-49(36-47)55-59-52(44-19-9-3-10-20-44)58-53(60-55)45-21-11-4-12-22-45/h1-37H. The van der Waals surface area contributed by atoms with Gasteiger partial charge in [-0.1, -0.05) is 206 Å². The van der Waals surface area contributed by atoms with Crippen LogP contribution in [-0.2, 0) is 0 Å². The van der Waals surface area contributed by atoms with E-state index in [0.29, 0.717) is 23.3 Å². The topological polar surface area (TPSA) is 64.5 Å². The quantitative estimate of drug-likeness (QED) is 0.146. The molecule has 10 aromatic rings. The van der Waals surface area contributed by atoms with Crippen LogP contribution in [0.25, 0.3) is 101 Å². The number of nitrogens with zero attached hydrogens (tertiary/aromatic N) is 5. The van der Waals surface area contributed by atoms with Crippen LogP contribution in [0.1, 0.15) is 0 Å². The third kappa shape index (κ3) is 7.76. The molecule has 0 aliphatic carbocycles. The number of rotatable bonds is 9. The van der Waals surface area contributed by atoms with Crippen molar-refractivity contribution in [1.82, 2.24) is 24.9 Å². The molecule has 0 unspecified atom stereocenters. The van der Waals surface area contributed by atoms with E-state index in [1.165, 1.54) is 11.1 Å². The minimum absolute atomic E-state index is 0.609. The molecule has 0 aliphatic heterocycles. The lowest BCUT2D eigenvalue weighted by atomic mass is 9.99. The summed E-state index contributed by atoms with van der Waals surface area (Å²) in [5.41, 5.74) is 14.2. The van der Waals surface area contributed by atoms with Gasteiger partial charge in [0.25, 0.3) is 0 Å². The van der Waals surface area contributed by atoms with Crippen molar-refractivity contribution in [3.8, 4) is 101 Å². The predicted molar refractivity (Wildman–Crippen MR) is 244 cm³/mol. The minimum Gasteiger partial charge on any atom is -0.228 e. The Morgan fingerprint density at radius 3 is 0.817 bits per heavy atom. The monoisotopic (exact) mass is 767 g/mol. The van der Waals surface area contributed by atoms with Gasteiger partial charge in [0.1, 0.15) is 0 Å². The molecule has 0 aliphatic rings. The maximum absolute atomic E-state index is 5.21. The summed E-state index contributed by atoms with van der Waals surface area (Å²) in [7, 11) is 0. The van der Waals surface area contributed by atoms with Gasteiger partial charge in [0.05, 0.1) is 11.4 Å². The molecular weight excluding hydrogens is 731 g/mol. The summed E-state index contributed by atoms with van der Waals surface area (Å²) >= 11 is 0. The van der Waals surface area contributed by atoms with Crippen LogP contribution in [0.5, 0.6) is 0 Å². The Hall–Kier alpha value is -8.15. The van der Waals surface area contributed by atoms with Gasteiger partial charge in [-0.15, -0.1) is 0 Å². The minimum atomic E-state index is 0.609. The SMILES string of the molecule is c1ccc(-c2ccc(-c3cc(-c4ccc(-c5ccccc5)cc4)nc(-c4cccc(-c5cccc(-c6nc(-c7ccccc7)nc(-c7ccccc7)n6)c5)c4)n3)cc2)cc1. The molecule has 5 nitrogen and oxygen atoms in total. The molecule has 0 saturated heterocycles. The summed E-state index contributed by atoms with van der Waals surface area (Å²) < 4.78 is 0. The van der Waals surface area contributed by atoms with Gasteiger partial charge in [-0.05, 0) is 51.6 Å². The van der Waals surface area contributed by atoms with Crippen molar-refractivity contribution >= 4 is 0 Å². The zero-order chi connectivity index (χ0) is 40.1. The predicted octanol–water partition coefficient (Wildman–Crippen LogP) is 13.7. The average Bonchev–Trinajstić information content (AvgIpc) is 3.35. The molecule has 0 fully saturated rings. The second-order valence-electron chi connectivity index (χ2n) is 14.5. The third-order valence-corrected chi connectivity index (χ3v) is 10.6. The molecule has 5 heteroatoms. The van der Waals surface area contributed by atoms with Gasteiger partial charge in [-0.3, -0.25) is 0 Å². The Labute approximate surface area is 349 Å². The first-order valence-corrected chi connectivity index (χ1v) is 20.0. The Bertz CT molecular complexity index is 2880. The van der Waals surface area contributed by atoms with E-state index in [4.69, 9.17) is 24.9 Å². The Morgan fingerprint density at radius 2 is 0.433 bits per heavy atom. The smallest absolute Gasteiger partial charge is 0.164 e. The second kappa shape index (κ2) is 16.4. The number of hydrogen-bond acceptors (Lipinski definition) is 5. The Kier molecular flexibility index (Phi) is 9.88. The van der Waals surface area contributed by atoms with Crippen LogP contribution in [0.3, 0.4) is 0 Å². The number of aromatic nitrogens is 5. The van der Waals surface area contributed by atoms with Crippen molar-refractivity contribution in [2.24, 2.45) is 0 Å². The summed E-state index contributed by atoms with van der Waals surface area (Å²) in [5.74, 6) is 2.52. The molecule has 8 aromatic carbocycles. The normalized spacial score (nSPS) is 11.0. The molecule has 0 amide bonds. The molecule has 0 bridgehead atoms. The summed E-state index contributed by atoms with van der Waals surface area (Å²) in [4.78, 5) is 25.3. The van der Waals surface area contributed by atoms with Gasteiger partial charge in [0.2, 0.25) is 0 Å². The van der Waals surface area contributed by atoms with Crippen LogP contribution in [-0.4, -0.2) is 24.9 Å². The van der Waals surface area contributed by atoms with Crippen LogP contribution >= 0.6 is 0 Å². The first-order chi connectivity index (χ1) is 29.7. The van der Waals surface area contributed by atoms with Crippen molar-refractivity contribution in [2.45, 2.75) is 0 Å². The van der Waals surface area contributed by atoms with Crippen molar-refractivity contribution in [3.63, 3.8) is 0 Å². The summed E-state index contributed by atoms with van der Waals surface area (Å²) in [6.45, 7) is 0. The van der Waals surface area contributed by atoms with E-state index in [-0.39, 0.29) is 0 Å².